The lowest BCUT2D eigenvalue weighted by Gasteiger charge is -2.12. The SMILES string of the molecule is CN=C(NCCc1nc2ccccc2[nH]1)NCCC(F)(F)F. The molecule has 0 aliphatic carbocycles. The summed E-state index contributed by atoms with van der Waals surface area (Å²) in [6.07, 6.45) is -4.44. The van der Waals surface area contributed by atoms with Crippen molar-refractivity contribution in [1.82, 2.24) is 20.6 Å². The number of hydrogen-bond acceptors (Lipinski definition) is 2. The zero-order chi connectivity index (χ0) is 16.0. The van der Waals surface area contributed by atoms with Crippen LogP contribution < -0.4 is 10.6 Å². The van der Waals surface area contributed by atoms with Crippen LogP contribution in [0.25, 0.3) is 11.0 Å². The molecule has 0 aliphatic rings. The van der Waals surface area contributed by atoms with E-state index < -0.39 is 12.6 Å². The summed E-state index contributed by atoms with van der Waals surface area (Å²) in [5, 5.41) is 5.59. The summed E-state index contributed by atoms with van der Waals surface area (Å²) >= 11 is 0. The zero-order valence-corrected chi connectivity index (χ0v) is 12.2. The highest BCUT2D eigenvalue weighted by Crippen LogP contribution is 2.18. The molecule has 0 amide bonds. The predicted molar refractivity (Wildman–Crippen MR) is 79.8 cm³/mol. The van der Waals surface area contributed by atoms with Crippen molar-refractivity contribution >= 4 is 17.0 Å². The highest BCUT2D eigenvalue weighted by molar-refractivity contribution is 5.79. The summed E-state index contributed by atoms with van der Waals surface area (Å²) in [6, 6.07) is 7.70. The van der Waals surface area contributed by atoms with E-state index in [1.54, 1.807) is 0 Å². The lowest BCUT2D eigenvalue weighted by Crippen LogP contribution is -2.39. The number of benzene rings is 1. The highest BCUT2D eigenvalue weighted by atomic mass is 19.4. The van der Waals surface area contributed by atoms with Gasteiger partial charge in [-0.15, -0.1) is 0 Å². The van der Waals surface area contributed by atoms with E-state index in [4.69, 9.17) is 0 Å². The van der Waals surface area contributed by atoms with Gasteiger partial charge in [0.25, 0.3) is 0 Å². The molecular formula is C14H18F3N5. The van der Waals surface area contributed by atoms with Gasteiger partial charge in [-0.05, 0) is 12.1 Å². The van der Waals surface area contributed by atoms with Crippen molar-refractivity contribution in [2.75, 3.05) is 20.1 Å². The van der Waals surface area contributed by atoms with Crippen LogP contribution >= 0.6 is 0 Å². The maximum atomic E-state index is 12.1. The predicted octanol–water partition coefficient (Wildman–Crippen LogP) is 2.22. The van der Waals surface area contributed by atoms with Gasteiger partial charge in [0, 0.05) is 26.6 Å². The van der Waals surface area contributed by atoms with E-state index in [0.717, 1.165) is 16.9 Å². The fourth-order valence-corrected chi connectivity index (χ4v) is 1.97. The Bertz CT molecular complexity index is 600. The first kappa shape index (κ1) is 16.1. The van der Waals surface area contributed by atoms with E-state index in [1.807, 2.05) is 24.3 Å². The fourth-order valence-electron chi connectivity index (χ4n) is 1.97. The largest absolute Gasteiger partial charge is 0.390 e. The summed E-state index contributed by atoms with van der Waals surface area (Å²) in [7, 11) is 1.52. The third kappa shape index (κ3) is 4.94. The molecule has 0 aliphatic heterocycles. The number of aliphatic imine (C=N–C) groups is 1. The number of halogens is 3. The molecule has 1 aromatic heterocycles. The van der Waals surface area contributed by atoms with Crippen molar-refractivity contribution < 1.29 is 13.2 Å². The summed E-state index contributed by atoms with van der Waals surface area (Å²) in [6.45, 7) is 0.319. The fraction of sp³-hybridized carbons (Fsp3) is 0.429. The molecule has 0 spiro atoms. The van der Waals surface area contributed by atoms with Crippen LogP contribution in [0, 0.1) is 0 Å². The second kappa shape index (κ2) is 7.15. The number of alkyl halides is 3. The van der Waals surface area contributed by atoms with Gasteiger partial charge in [-0.3, -0.25) is 4.99 Å². The highest BCUT2D eigenvalue weighted by Gasteiger charge is 2.26. The molecule has 0 atom stereocenters. The molecule has 120 valence electrons. The first-order valence-electron chi connectivity index (χ1n) is 6.93. The number of H-pyrrole nitrogens is 1. The molecular weight excluding hydrogens is 295 g/mol. The van der Waals surface area contributed by atoms with Gasteiger partial charge in [0.15, 0.2) is 5.96 Å². The second-order valence-electron chi connectivity index (χ2n) is 4.74. The minimum atomic E-state index is -4.17. The Labute approximate surface area is 126 Å². The number of rotatable bonds is 5. The summed E-state index contributed by atoms with van der Waals surface area (Å²) in [5.41, 5.74) is 1.86. The summed E-state index contributed by atoms with van der Waals surface area (Å²) in [4.78, 5) is 11.5. The topological polar surface area (TPSA) is 65.1 Å². The first-order valence-corrected chi connectivity index (χ1v) is 6.93. The molecule has 5 nitrogen and oxygen atoms in total. The molecule has 0 bridgehead atoms. The van der Waals surface area contributed by atoms with Gasteiger partial charge in [0.1, 0.15) is 5.82 Å². The summed E-state index contributed by atoms with van der Waals surface area (Å²) < 4.78 is 36.2. The van der Waals surface area contributed by atoms with Crippen molar-refractivity contribution in [3.63, 3.8) is 0 Å². The van der Waals surface area contributed by atoms with Gasteiger partial charge in [-0.25, -0.2) is 4.98 Å². The molecule has 0 radical (unpaired) electrons. The molecule has 0 saturated carbocycles. The smallest absolute Gasteiger partial charge is 0.356 e. The van der Waals surface area contributed by atoms with E-state index >= 15 is 0 Å². The Kier molecular flexibility index (Phi) is 5.24. The Hall–Kier alpha value is -2.25. The van der Waals surface area contributed by atoms with Crippen LogP contribution in [0.2, 0.25) is 0 Å². The number of para-hydroxylation sites is 2. The molecule has 0 unspecified atom stereocenters. The quantitative estimate of drug-likeness (QED) is 0.586. The van der Waals surface area contributed by atoms with E-state index in [1.165, 1.54) is 7.05 Å². The zero-order valence-electron chi connectivity index (χ0n) is 12.2. The van der Waals surface area contributed by atoms with Crippen LogP contribution in [0.1, 0.15) is 12.2 Å². The minimum absolute atomic E-state index is 0.201. The van der Waals surface area contributed by atoms with E-state index in [-0.39, 0.29) is 6.54 Å². The van der Waals surface area contributed by atoms with Crippen molar-refractivity contribution in [3.8, 4) is 0 Å². The lowest BCUT2D eigenvalue weighted by molar-refractivity contribution is -0.132. The van der Waals surface area contributed by atoms with Gasteiger partial charge >= 0.3 is 6.18 Å². The molecule has 22 heavy (non-hydrogen) atoms. The molecule has 2 rings (SSSR count). The molecule has 1 heterocycles. The molecule has 0 fully saturated rings. The van der Waals surface area contributed by atoms with Crippen LogP contribution in [0.4, 0.5) is 13.2 Å². The number of fused-ring (bicyclic) bond motifs is 1. The average Bonchev–Trinajstić information content (AvgIpc) is 2.87. The number of aromatic amines is 1. The standard InChI is InChI=1S/C14H18F3N5/c1-18-13(20-9-7-14(15,16)17)19-8-6-12-21-10-4-2-3-5-11(10)22-12/h2-5H,6-9H2,1H3,(H,21,22)(H2,18,19,20). The van der Waals surface area contributed by atoms with Crippen molar-refractivity contribution in [2.45, 2.75) is 19.0 Å². The number of nitrogens with one attached hydrogen (secondary N) is 3. The number of guanidine groups is 1. The molecule has 8 heteroatoms. The van der Waals surface area contributed by atoms with Crippen molar-refractivity contribution in [2.24, 2.45) is 4.99 Å². The van der Waals surface area contributed by atoms with E-state index in [9.17, 15) is 13.2 Å². The van der Waals surface area contributed by atoms with Crippen LogP contribution in [-0.4, -0.2) is 42.2 Å². The Balaban J connectivity index is 1.76. The normalized spacial score (nSPS) is 12.6. The molecule has 3 N–H and O–H groups in total. The van der Waals surface area contributed by atoms with Crippen LogP contribution in [0.15, 0.2) is 29.3 Å². The van der Waals surface area contributed by atoms with Gasteiger partial charge in [-0.2, -0.15) is 13.2 Å². The van der Waals surface area contributed by atoms with Crippen molar-refractivity contribution in [1.29, 1.82) is 0 Å². The van der Waals surface area contributed by atoms with Gasteiger partial charge in [-0.1, -0.05) is 12.1 Å². The first-order chi connectivity index (χ1) is 10.5. The monoisotopic (exact) mass is 313 g/mol. The van der Waals surface area contributed by atoms with Gasteiger partial charge < -0.3 is 15.6 Å². The van der Waals surface area contributed by atoms with Gasteiger partial charge in [0.2, 0.25) is 0 Å². The van der Waals surface area contributed by atoms with E-state index in [0.29, 0.717) is 18.9 Å². The number of nitrogens with zero attached hydrogens (tertiary/aromatic N) is 2. The number of imidazole rings is 1. The van der Waals surface area contributed by atoms with Gasteiger partial charge in [0.05, 0.1) is 17.5 Å². The second-order valence-corrected chi connectivity index (χ2v) is 4.74. The third-order valence-corrected chi connectivity index (χ3v) is 3.02. The Morgan fingerprint density at radius 1 is 1.23 bits per heavy atom. The average molecular weight is 313 g/mol. The van der Waals surface area contributed by atoms with Crippen LogP contribution in [0.5, 0.6) is 0 Å². The Morgan fingerprint density at radius 2 is 1.95 bits per heavy atom. The maximum absolute atomic E-state index is 12.1. The van der Waals surface area contributed by atoms with E-state index in [2.05, 4.69) is 25.6 Å². The third-order valence-electron chi connectivity index (χ3n) is 3.02. The minimum Gasteiger partial charge on any atom is -0.356 e. The maximum Gasteiger partial charge on any atom is 0.390 e. The van der Waals surface area contributed by atoms with Crippen molar-refractivity contribution in [3.05, 3.63) is 30.1 Å². The Morgan fingerprint density at radius 3 is 2.64 bits per heavy atom. The number of hydrogen-bond donors (Lipinski definition) is 3. The number of aromatic nitrogens is 2. The molecule has 2 aromatic rings. The van der Waals surface area contributed by atoms with Crippen LogP contribution in [-0.2, 0) is 6.42 Å². The molecule has 1 aromatic carbocycles. The van der Waals surface area contributed by atoms with Crippen LogP contribution in [0.3, 0.4) is 0 Å². The summed E-state index contributed by atoms with van der Waals surface area (Å²) in [5.74, 6) is 1.17. The lowest BCUT2D eigenvalue weighted by atomic mass is 10.3. The molecule has 0 saturated heterocycles.